The largest absolute Gasteiger partial charge is 0.341 e. The van der Waals surface area contributed by atoms with Gasteiger partial charge in [0.25, 0.3) is 0 Å². The first-order valence-electron chi connectivity index (χ1n) is 7.98. The number of hydrogen-bond acceptors (Lipinski definition) is 2. The lowest BCUT2D eigenvalue weighted by Crippen LogP contribution is -2.40. The molecule has 0 radical (unpaired) electrons. The lowest BCUT2D eigenvalue weighted by molar-refractivity contribution is -0.137. The lowest BCUT2D eigenvalue weighted by atomic mass is 9.69. The van der Waals surface area contributed by atoms with Gasteiger partial charge in [-0.25, -0.2) is 0 Å². The predicted molar refractivity (Wildman–Crippen MR) is 79.0 cm³/mol. The van der Waals surface area contributed by atoms with Crippen molar-refractivity contribution in [2.24, 2.45) is 17.3 Å². The zero-order valence-electron chi connectivity index (χ0n) is 12.9. The van der Waals surface area contributed by atoms with Gasteiger partial charge < -0.3 is 10.2 Å². The Hall–Kier alpha value is -0.570. The second kappa shape index (κ2) is 6.25. The average Bonchev–Trinajstić information content (AvgIpc) is 2.66. The van der Waals surface area contributed by atoms with Crippen LogP contribution < -0.4 is 5.32 Å². The van der Waals surface area contributed by atoms with E-state index in [4.69, 9.17) is 0 Å². The Labute approximate surface area is 118 Å². The van der Waals surface area contributed by atoms with E-state index in [0.29, 0.717) is 17.2 Å². The molecule has 1 amide bonds. The molecule has 1 aliphatic carbocycles. The smallest absolute Gasteiger partial charge is 0.225 e. The van der Waals surface area contributed by atoms with Crippen LogP contribution in [-0.4, -0.2) is 37.0 Å². The molecule has 110 valence electrons. The summed E-state index contributed by atoms with van der Waals surface area (Å²) in [6.07, 6.45) is 5.76. The second-order valence-corrected chi connectivity index (χ2v) is 7.34. The van der Waals surface area contributed by atoms with Crippen LogP contribution in [0.2, 0.25) is 0 Å². The third kappa shape index (κ3) is 3.95. The quantitative estimate of drug-likeness (QED) is 0.791. The minimum atomic E-state index is 0.302. The zero-order valence-corrected chi connectivity index (χ0v) is 12.9. The maximum Gasteiger partial charge on any atom is 0.225 e. The predicted octanol–water partition coefficient (Wildman–Crippen LogP) is 2.66. The molecule has 0 unspecified atom stereocenters. The molecule has 1 saturated carbocycles. The Kier molecular flexibility index (Phi) is 4.88. The number of carbonyl (C=O) groups excluding carboxylic acids is 1. The number of nitrogens with zero attached hydrogens (tertiary/aromatic N) is 1. The van der Waals surface area contributed by atoms with E-state index < -0.39 is 0 Å². The van der Waals surface area contributed by atoms with E-state index >= 15 is 0 Å². The molecule has 1 N–H and O–H groups in total. The Balaban J connectivity index is 1.85. The molecule has 2 fully saturated rings. The molecule has 0 aromatic heterocycles. The van der Waals surface area contributed by atoms with Crippen molar-refractivity contribution < 1.29 is 4.79 Å². The van der Waals surface area contributed by atoms with Crippen molar-refractivity contribution in [3.63, 3.8) is 0 Å². The highest BCUT2D eigenvalue weighted by Crippen LogP contribution is 2.40. The van der Waals surface area contributed by atoms with E-state index in [1.807, 2.05) is 0 Å². The molecule has 1 heterocycles. The maximum absolute atomic E-state index is 12.6. The fraction of sp³-hybridized carbons (Fsp3) is 0.938. The van der Waals surface area contributed by atoms with Crippen LogP contribution in [0, 0.1) is 17.3 Å². The fourth-order valence-corrected chi connectivity index (χ4v) is 3.53. The highest BCUT2D eigenvalue weighted by atomic mass is 16.2. The molecular weight excluding hydrogens is 236 g/mol. The van der Waals surface area contributed by atoms with Gasteiger partial charge in [-0.2, -0.15) is 0 Å². The van der Waals surface area contributed by atoms with E-state index in [9.17, 15) is 4.79 Å². The van der Waals surface area contributed by atoms with Gasteiger partial charge in [0.2, 0.25) is 5.91 Å². The molecule has 0 bridgehead atoms. The summed E-state index contributed by atoms with van der Waals surface area (Å²) in [7, 11) is 0. The lowest BCUT2D eigenvalue weighted by Gasteiger charge is -2.37. The minimum absolute atomic E-state index is 0.302. The van der Waals surface area contributed by atoms with Crippen LogP contribution in [0.3, 0.4) is 0 Å². The molecule has 1 aliphatic heterocycles. The van der Waals surface area contributed by atoms with Gasteiger partial charge in [0.05, 0.1) is 0 Å². The highest BCUT2D eigenvalue weighted by Gasteiger charge is 2.33. The number of rotatable bonds is 1. The van der Waals surface area contributed by atoms with Crippen LogP contribution in [0.5, 0.6) is 0 Å². The summed E-state index contributed by atoms with van der Waals surface area (Å²) in [6.45, 7) is 10.9. The molecule has 1 saturated heterocycles. The van der Waals surface area contributed by atoms with E-state index in [-0.39, 0.29) is 0 Å². The third-order valence-corrected chi connectivity index (χ3v) is 4.95. The van der Waals surface area contributed by atoms with Gasteiger partial charge in [0, 0.05) is 25.6 Å². The normalized spacial score (nSPS) is 29.9. The Bertz CT molecular complexity index is 292. The molecule has 2 aliphatic rings. The van der Waals surface area contributed by atoms with Gasteiger partial charge in [0.1, 0.15) is 0 Å². The summed E-state index contributed by atoms with van der Waals surface area (Å²) in [5.74, 6) is 1.52. The van der Waals surface area contributed by atoms with Gasteiger partial charge in [-0.1, -0.05) is 20.8 Å². The molecule has 0 atom stereocenters. The second-order valence-electron chi connectivity index (χ2n) is 7.34. The van der Waals surface area contributed by atoms with Crippen LogP contribution in [0.15, 0.2) is 0 Å². The first-order valence-corrected chi connectivity index (χ1v) is 7.98. The summed E-state index contributed by atoms with van der Waals surface area (Å²) >= 11 is 0. The van der Waals surface area contributed by atoms with E-state index in [2.05, 4.69) is 31.0 Å². The van der Waals surface area contributed by atoms with Crippen molar-refractivity contribution in [1.29, 1.82) is 0 Å². The molecular formula is C16H30N2O. The molecule has 3 heteroatoms. The number of hydrogen-bond donors (Lipinski definition) is 1. The van der Waals surface area contributed by atoms with Crippen LogP contribution in [0.25, 0.3) is 0 Å². The van der Waals surface area contributed by atoms with Crippen LogP contribution >= 0.6 is 0 Å². The summed E-state index contributed by atoms with van der Waals surface area (Å²) < 4.78 is 0. The Morgan fingerprint density at radius 1 is 1.05 bits per heavy atom. The molecule has 19 heavy (non-hydrogen) atoms. The van der Waals surface area contributed by atoms with E-state index in [1.54, 1.807) is 0 Å². The first-order chi connectivity index (χ1) is 8.98. The van der Waals surface area contributed by atoms with Crippen molar-refractivity contribution in [1.82, 2.24) is 10.2 Å². The molecule has 0 aromatic carbocycles. The van der Waals surface area contributed by atoms with E-state index in [0.717, 1.165) is 51.4 Å². The highest BCUT2D eigenvalue weighted by molar-refractivity contribution is 5.79. The average molecular weight is 266 g/mol. The molecule has 0 aromatic rings. The fourth-order valence-electron chi connectivity index (χ4n) is 3.53. The van der Waals surface area contributed by atoms with Crippen molar-refractivity contribution in [3.8, 4) is 0 Å². The SMILES string of the molecule is CC(C)(C)C1CCC(C(=O)N2CCCNCC2)CC1. The van der Waals surface area contributed by atoms with E-state index in [1.165, 1.54) is 12.8 Å². The third-order valence-electron chi connectivity index (χ3n) is 4.95. The van der Waals surface area contributed by atoms with Crippen LogP contribution in [0.4, 0.5) is 0 Å². The van der Waals surface area contributed by atoms with Crippen molar-refractivity contribution in [2.45, 2.75) is 52.9 Å². The Morgan fingerprint density at radius 2 is 1.74 bits per heavy atom. The summed E-state index contributed by atoms with van der Waals surface area (Å²) in [4.78, 5) is 14.7. The van der Waals surface area contributed by atoms with Crippen LogP contribution in [0.1, 0.15) is 52.9 Å². The number of nitrogens with one attached hydrogen (secondary N) is 1. The van der Waals surface area contributed by atoms with Gasteiger partial charge in [0.15, 0.2) is 0 Å². The van der Waals surface area contributed by atoms with Crippen molar-refractivity contribution >= 4 is 5.91 Å². The number of carbonyl (C=O) groups is 1. The molecule has 0 spiro atoms. The number of amides is 1. The van der Waals surface area contributed by atoms with Crippen LogP contribution in [-0.2, 0) is 4.79 Å². The van der Waals surface area contributed by atoms with Crippen molar-refractivity contribution in [2.75, 3.05) is 26.2 Å². The topological polar surface area (TPSA) is 32.3 Å². The van der Waals surface area contributed by atoms with Gasteiger partial charge in [-0.15, -0.1) is 0 Å². The summed E-state index contributed by atoms with van der Waals surface area (Å²) in [5.41, 5.74) is 0.403. The summed E-state index contributed by atoms with van der Waals surface area (Å²) in [5, 5.41) is 3.37. The van der Waals surface area contributed by atoms with Gasteiger partial charge in [-0.05, 0) is 50.0 Å². The monoisotopic (exact) mass is 266 g/mol. The maximum atomic E-state index is 12.6. The van der Waals surface area contributed by atoms with Crippen molar-refractivity contribution in [3.05, 3.63) is 0 Å². The zero-order chi connectivity index (χ0) is 13.9. The molecule has 2 rings (SSSR count). The standard InChI is InChI=1S/C16H30N2O/c1-16(2,3)14-7-5-13(6-8-14)15(19)18-11-4-9-17-10-12-18/h13-14,17H,4-12H2,1-3H3. The van der Waals surface area contributed by atoms with Gasteiger partial charge in [-0.3, -0.25) is 4.79 Å². The first kappa shape index (κ1) is 14.8. The van der Waals surface area contributed by atoms with Gasteiger partial charge >= 0.3 is 0 Å². The minimum Gasteiger partial charge on any atom is -0.341 e. The molecule has 3 nitrogen and oxygen atoms in total. The Morgan fingerprint density at radius 3 is 2.37 bits per heavy atom. The summed E-state index contributed by atoms with van der Waals surface area (Å²) in [6, 6.07) is 0.